The lowest BCUT2D eigenvalue weighted by Crippen LogP contribution is -1.98. The highest BCUT2D eigenvalue weighted by atomic mass is 16.3. The maximum Gasteiger partial charge on any atom is 0.161 e. The van der Waals surface area contributed by atoms with Crippen molar-refractivity contribution in [3.8, 4) is 56.2 Å². The number of hydrogen-bond acceptors (Lipinski definition) is 3. The molecule has 0 aliphatic heterocycles. The predicted molar refractivity (Wildman–Crippen MR) is 247 cm³/mol. The Bertz CT molecular complexity index is 3600. The quantitative estimate of drug-likeness (QED) is 0.130. The summed E-state index contributed by atoms with van der Waals surface area (Å²) in [5.41, 5.74) is 11.1. The van der Waals surface area contributed by atoms with E-state index in [0.717, 1.165) is 88.4 Å². The average Bonchev–Trinajstić information content (AvgIpc) is 3.67. The van der Waals surface area contributed by atoms with Crippen molar-refractivity contribution in [2.45, 2.75) is 0 Å². The lowest BCUT2D eigenvalue weighted by Gasteiger charge is -2.16. The first-order chi connectivity index (χ1) is 29.2. The second-order valence-electron chi connectivity index (χ2n) is 15.3. The van der Waals surface area contributed by atoms with Crippen molar-refractivity contribution in [1.82, 2.24) is 9.97 Å². The fourth-order valence-corrected chi connectivity index (χ4v) is 9.05. The van der Waals surface area contributed by atoms with Gasteiger partial charge in [-0.05, 0) is 95.7 Å². The molecule has 0 aliphatic rings. The number of hydrogen-bond donors (Lipinski definition) is 0. The zero-order chi connectivity index (χ0) is 38.9. The number of benzene rings is 10. The summed E-state index contributed by atoms with van der Waals surface area (Å²) in [6, 6.07) is 73.3. The van der Waals surface area contributed by atoms with E-state index in [1.54, 1.807) is 0 Å². The van der Waals surface area contributed by atoms with Gasteiger partial charge in [0.25, 0.3) is 0 Å². The van der Waals surface area contributed by atoms with Gasteiger partial charge in [0.1, 0.15) is 11.2 Å². The van der Waals surface area contributed by atoms with Gasteiger partial charge in [-0.2, -0.15) is 0 Å². The molecule has 0 saturated carbocycles. The molecule has 3 heteroatoms. The SMILES string of the molecule is c1ccc(-c2ccccc2-c2cc(-c3ccc(-c4cccc5oc6cc7ccccc7cc6c45)cc3)nc(-c3c4ccccc4cc4c3ccc3ccccc34)n2)cc1. The Morgan fingerprint density at radius 2 is 0.915 bits per heavy atom. The third-order valence-corrected chi connectivity index (χ3v) is 11.9. The van der Waals surface area contributed by atoms with Crippen molar-refractivity contribution < 1.29 is 4.42 Å². The van der Waals surface area contributed by atoms with Gasteiger partial charge in [0.15, 0.2) is 5.82 Å². The number of furan rings is 1. The largest absolute Gasteiger partial charge is 0.456 e. The van der Waals surface area contributed by atoms with Crippen molar-refractivity contribution in [3.63, 3.8) is 0 Å². The van der Waals surface area contributed by atoms with Crippen molar-refractivity contribution in [2.24, 2.45) is 0 Å². The number of fused-ring (bicyclic) bond motifs is 8. The summed E-state index contributed by atoms with van der Waals surface area (Å²) in [4.78, 5) is 11.0. The molecule has 0 spiro atoms. The Kier molecular flexibility index (Phi) is 7.54. The Labute approximate surface area is 340 Å². The molecule has 274 valence electrons. The zero-order valence-electron chi connectivity index (χ0n) is 31.9. The van der Waals surface area contributed by atoms with Crippen LogP contribution in [-0.4, -0.2) is 9.97 Å². The minimum atomic E-state index is 0.698. The molecule has 0 aliphatic carbocycles. The van der Waals surface area contributed by atoms with Gasteiger partial charge in [-0.25, -0.2) is 9.97 Å². The van der Waals surface area contributed by atoms with Crippen LogP contribution in [0.5, 0.6) is 0 Å². The molecule has 12 rings (SSSR count). The van der Waals surface area contributed by atoms with Gasteiger partial charge in [-0.15, -0.1) is 0 Å². The molecule has 59 heavy (non-hydrogen) atoms. The molecule has 2 heterocycles. The standard InChI is InChI=1S/C56H34N2O/c1-2-13-35(14-3-1)42-19-10-11-22-46(42)51-34-50(57-56(58-51)55-45-21-9-7-18-41(45)32-48-43-20-8-6-15-36(43)29-30-47(48)55)38-27-25-37(26-28-38)44-23-12-24-52-54(44)49-31-39-16-4-5-17-40(39)33-53(49)59-52/h1-34H. The molecule has 12 aromatic rings. The van der Waals surface area contributed by atoms with Crippen LogP contribution in [0, 0.1) is 0 Å². The monoisotopic (exact) mass is 750 g/mol. The van der Waals surface area contributed by atoms with Crippen LogP contribution < -0.4 is 0 Å². The second kappa shape index (κ2) is 13.4. The highest BCUT2D eigenvalue weighted by molar-refractivity contribution is 6.20. The van der Waals surface area contributed by atoms with E-state index in [2.05, 4.69) is 206 Å². The minimum Gasteiger partial charge on any atom is -0.456 e. The van der Waals surface area contributed by atoms with Crippen LogP contribution in [0.4, 0.5) is 0 Å². The van der Waals surface area contributed by atoms with Crippen molar-refractivity contribution in [1.29, 1.82) is 0 Å². The van der Waals surface area contributed by atoms with E-state index in [1.165, 1.54) is 26.9 Å². The molecule has 0 atom stereocenters. The molecule has 0 amide bonds. The summed E-state index contributed by atoms with van der Waals surface area (Å²) in [5, 5.41) is 11.6. The second-order valence-corrected chi connectivity index (χ2v) is 15.3. The van der Waals surface area contributed by atoms with E-state index in [0.29, 0.717) is 5.82 Å². The van der Waals surface area contributed by atoms with Crippen LogP contribution in [0.3, 0.4) is 0 Å². The molecule has 0 saturated heterocycles. The van der Waals surface area contributed by atoms with Crippen LogP contribution in [0.2, 0.25) is 0 Å². The molecule has 0 fully saturated rings. The van der Waals surface area contributed by atoms with Gasteiger partial charge in [0.2, 0.25) is 0 Å². The summed E-state index contributed by atoms with van der Waals surface area (Å²) in [5.74, 6) is 0.698. The van der Waals surface area contributed by atoms with E-state index in [1.807, 2.05) is 0 Å². The zero-order valence-corrected chi connectivity index (χ0v) is 31.9. The molecular formula is C56H34N2O. The highest BCUT2D eigenvalue weighted by Gasteiger charge is 2.20. The number of aromatic nitrogens is 2. The molecular weight excluding hydrogens is 717 g/mol. The Hall–Kier alpha value is -7.88. The average molecular weight is 751 g/mol. The van der Waals surface area contributed by atoms with E-state index >= 15 is 0 Å². The van der Waals surface area contributed by atoms with Gasteiger partial charge in [0.05, 0.1) is 11.4 Å². The van der Waals surface area contributed by atoms with Gasteiger partial charge >= 0.3 is 0 Å². The Morgan fingerprint density at radius 1 is 0.305 bits per heavy atom. The molecule has 0 bridgehead atoms. The molecule has 0 unspecified atom stereocenters. The first-order valence-corrected chi connectivity index (χ1v) is 20.1. The van der Waals surface area contributed by atoms with Gasteiger partial charge in [0, 0.05) is 27.5 Å². The third-order valence-electron chi connectivity index (χ3n) is 11.9. The maximum atomic E-state index is 6.44. The molecule has 2 aromatic heterocycles. The van der Waals surface area contributed by atoms with E-state index in [9.17, 15) is 0 Å². The number of rotatable bonds is 5. The van der Waals surface area contributed by atoms with Gasteiger partial charge in [-0.3, -0.25) is 0 Å². The van der Waals surface area contributed by atoms with Crippen LogP contribution in [0.15, 0.2) is 211 Å². The summed E-state index contributed by atoms with van der Waals surface area (Å²) in [7, 11) is 0. The highest BCUT2D eigenvalue weighted by Crippen LogP contribution is 2.42. The molecule has 0 radical (unpaired) electrons. The van der Waals surface area contributed by atoms with Crippen LogP contribution in [0.25, 0.3) is 121 Å². The topological polar surface area (TPSA) is 38.9 Å². The van der Waals surface area contributed by atoms with E-state index in [-0.39, 0.29) is 0 Å². The summed E-state index contributed by atoms with van der Waals surface area (Å²) in [6.07, 6.45) is 0. The smallest absolute Gasteiger partial charge is 0.161 e. The Balaban J connectivity index is 1.08. The first kappa shape index (κ1) is 33.3. The molecule has 3 nitrogen and oxygen atoms in total. The fraction of sp³-hybridized carbons (Fsp3) is 0. The van der Waals surface area contributed by atoms with E-state index in [4.69, 9.17) is 14.4 Å². The predicted octanol–water partition coefficient (Wildman–Crippen LogP) is 15.3. The van der Waals surface area contributed by atoms with Crippen LogP contribution >= 0.6 is 0 Å². The number of nitrogens with zero attached hydrogens (tertiary/aromatic N) is 2. The van der Waals surface area contributed by atoms with Crippen molar-refractivity contribution >= 4 is 65.0 Å². The Morgan fingerprint density at radius 3 is 1.75 bits per heavy atom. The third kappa shape index (κ3) is 5.51. The lowest BCUT2D eigenvalue weighted by molar-refractivity contribution is 0.669. The van der Waals surface area contributed by atoms with Crippen LogP contribution in [0.1, 0.15) is 0 Å². The molecule has 0 N–H and O–H groups in total. The van der Waals surface area contributed by atoms with Gasteiger partial charge < -0.3 is 4.42 Å². The summed E-state index contributed by atoms with van der Waals surface area (Å²) < 4.78 is 6.44. The van der Waals surface area contributed by atoms with Gasteiger partial charge in [-0.1, -0.05) is 176 Å². The summed E-state index contributed by atoms with van der Waals surface area (Å²) >= 11 is 0. The fourth-order valence-electron chi connectivity index (χ4n) is 9.05. The first-order valence-electron chi connectivity index (χ1n) is 20.1. The molecule has 10 aromatic carbocycles. The summed E-state index contributed by atoms with van der Waals surface area (Å²) in [6.45, 7) is 0. The maximum absolute atomic E-state index is 6.44. The normalized spacial score (nSPS) is 11.7. The van der Waals surface area contributed by atoms with Crippen LogP contribution in [-0.2, 0) is 0 Å². The minimum absolute atomic E-state index is 0.698. The lowest BCUT2D eigenvalue weighted by atomic mass is 9.92. The van der Waals surface area contributed by atoms with Crippen molar-refractivity contribution in [3.05, 3.63) is 206 Å². The van der Waals surface area contributed by atoms with E-state index < -0.39 is 0 Å². The van der Waals surface area contributed by atoms with Crippen molar-refractivity contribution in [2.75, 3.05) is 0 Å².